The van der Waals surface area contributed by atoms with Crippen molar-refractivity contribution in [3.8, 4) is 0 Å². The van der Waals surface area contributed by atoms with Crippen LogP contribution in [0.15, 0.2) is 22.7 Å². The highest BCUT2D eigenvalue weighted by atomic mass is 79.9. The summed E-state index contributed by atoms with van der Waals surface area (Å²) >= 11 is 3.35. The number of nitrogens with two attached hydrogens (primary N) is 1. The Morgan fingerprint density at radius 2 is 2.16 bits per heavy atom. The Labute approximate surface area is 121 Å². The summed E-state index contributed by atoms with van der Waals surface area (Å²) in [5, 5.41) is 0. The molecule has 0 amide bonds. The van der Waals surface area contributed by atoms with Gasteiger partial charge in [-0.05, 0) is 30.5 Å². The van der Waals surface area contributed by atoms with E-state index in [1.165, 1.54) is 12.1 Å². The van der Waals surface area contributed by atoms with Gasteiger partial charge in [0.25, 0.3) is 0 Å². The van der Waals surface area contributed by atoms with E-state index in [1.54, 1.807) is 13.2 Å². The van der Waals surface area contributed by atoms with Gasteiger partial charge < -0.3 is 9.47 Å². The lowest BCUT2D eigenvalue weighted by Gasteiger charge is -2.16. The monoisotopic (exact) mass is 334 g/mol. The zero-order valence-corrected chi connectivity index (χ0v) is 12.6. The van der Waals surface area contributed by atoms with Gasteiger partial charge in [-0.25, -0.2) is 4.39 Å². The molecule has 108 valence electrons. The van der Waals surface area contributed by atoms with Crippen molar-refractivity contribution in [2.24, 2.45) is 5.84 Å². The van der Waals surface area contributed by atoms with E-state index in [2.05, 4.69) is 21.4 Å². The third kappa shape index (κ3) is 6.44. The van der Waals surface area contributed by atoms with Crippen LogP contribution in [0.4, 0.5) is 4.39 Å². The Bertz CT molecular complexity index is 380. The minimum Gasteiger partial charge on any atom is -0.382 e. The van der Waals surface area contributed by atoms with Crippen LogP contribution >= 0.6 is 15.9 Å². The van der Waals surface area contributed by atoms with Crippen LogP contribution in [0.2, 0.25) is 0 Å². The molecular weight excluding hydrogens is 315 g/mol. The first kappa shape index (κ1) is 16.5. The summed E-state index contributed by atoms with van der Waals surface area (Å²) < 4.78 is 24.0. The van der Waals surface area contributed by atoms with Gasteiger partial charge in [0, 0.05) is 24.2 Å². The maximum absolute atomic E-state index is 13.0. The van der Waals surface area contributed by atoms with E-state index < -0.39 is 0 Å². The fourth-order valence-corrected chi connectivity index (χ4v) is 2.18. The molecule has 0 radical (unpaired) electrons. The van der Waals surface area contributed by atoms with Crippen LogP contribution in [0.25, 0.3) is 0 Å². The summed E-state index contributed by atoms with van der Waals surface area (Å²) in [6.07, 6.45) is 1.50. The van der Waals surface area contributed by atoms with Gasteiger partial charge in [-0.2, -0.15) is 0 Å². The summed E-state index contributed by atoms with van der Waals surface area (Å²) in [5.41, 5.74) is 3.77. The van der Waals surface area contributed by atoms with Crippen LogP contribution in [0.5, 0.6) is 0 Å². The van der Waals surface area contributed by atoms with Crippen LogP contribution in [-0.4, -0.2) is 33.0 Å². The second kappa shape index (κ2) is 9.39. The fourth-order valence-electron chi connectivity index (χ4n) is 1.67. The second-order valence-corrected chi connectivity index (χ2v) is 5.05. The highest BCUT2D eigenvalue weighted by Crippen LogP contribution is 2.20. The molecule has 1 aromatic carbocycles. The van der Waals surface area contributed by atoms with Gasteiger partial charge in [-0.1, -0.05) is 22.0 Å². The van der Waals surface area contributed by atoms with E-state index in [4.69, 9.17) is 15.3 Å². The van der Waals surface area contributed by atoms with Crippen molar-refractivity contribution < 1.29 is 13.9 Å². The molecule has 0 saturated heterocycles. The van der Waals surface area contributed by atoms with Crippen molar-refractivity contribution in [2.45, 2.75) is 18.9 Å². The Kier molecular flexibility index (Phi) is 8.16. The van der Waals surface area contributed by atoms with Crippen molar-refractivity contribution in [1.82, 2.24) is 5.43 Å². The van der Waals surface area contributed by atoms with Crippen molar-refractivity contribution in [1.29, 1.82) is 0 Å². The maximum atomic E-state index is 13.0. The minimum atomic E-state index is -0.254. The molecule has 0 spiro atoms. The van der Waals surface area contributed by atoms with Crippen LogP contribution < -0.4 is 11.3 Å². The molecule has 1 rings (SSSR count). The number of halogens is 2. The lowest BCUT2D eigenvalue weighted by molar-refractivity contribution is 0.0658. The Morgan fingerprint density at radius 1 is 1.37 bits per heavy atom. The van der Waals surface area contributed by atoms with Crippen molar-refractivity contribution in [3.05, 3.63) is 34.1 Å². The van der Waals surface area contributed by atoms with Crippen LogP contribution in [-0.2, 0) is 15.9 Å². The molecule has 0 saturated carbocycles. The smallest absolute Gasteiger partial charge is 0.124 e. The van der Waals surface area contributed by atoms with Gasteiger partial charge in [-0.15, -0.1) is 0 Å². The zero-order valence-electron chi connectivity index (χ0n) is 11.0. The average Bonchev–Trinajstić information content (AvgIpc) is 2.39. The van der Waals surface area contributed by atoms with Gasteiger partial charge in [0.2, 0.25) is 0 Å². The van der Waals surface area contributed by atoms with Crippen molar-refractivity contribution in [2.75, 3.05) is 26.9 Å². The number of nitrogens with one attached hydrogen (secondary N) is 1. The van der Waals surface area contributed by atoms with E-state index in [0.29, 0.717) is 26.2 Å². The van der Waals surface area contributed by atoms with E-state index >= 15 is 0 Å². The molecule has 0 aliphatic rings. The van der Waals surface area contributed by atoms with E-state index in [0.717, 1.165) is 16.5 Å². The van der Waals surface area contributed by atoms with E-state index in [9.17, 15) is 4.39 Å². The number of ether oxygens (including phenoxy) is 2. The molecule has 19 heavy (non-hydrogen) atoms. The normalized spacial score (nSPS) is 12.6. The first-order valence-electron chi connectivity index (χ1n) is 6.14. The molecule has 1 atom stereocenters. The summed E-state index contributed by atoms with van der Waals surface area (Å²) in [6, 6.07) is 4.75. The predicted molar refractivity (Wildman–Crippen MR) is 76.2 cm³/mol. The SMILES string of the molecule is COCCOCCC(Cc1ccc(F)cc1Br)NN. The molecular formula is C13H20BrFN2O2. The fraction of sp³-hybridized carbons (Fsp3) is 0.538. The molecule has 0 aliphatic heterocycles. The largest absolute Gasteiger partial charge is 0.382 e. The van der Waals surface area contributed by atoms with Crippen molar-refractivity contribution in [3.63, 3.8) is 0 Å². The standard InChI is InChI=1S/C13H20BrFN2O2/c1-18-6-7-19-5-4-12(17-16)8-10-2-3-11(15)9-13(10)14/h2-3,9,12,17H,4-8,16H2,1H3. The molecule has 0 heterocycles. The number of benzene rings is 1. The molecule has 0 aliphatic carbocycles. The molecule has 0 bridgehead atoms. The number of hydrazine groups is 1. The van der Waals surface area contributed by atoms with Crippen LogP contribution in [0.3, 0.4) is 0 Å². The Morgan fingerprint density at radius 3 is 2.79 bits per heavy atom. The first-order chi connectivity index (χ1) is 9.17. The first-order valence-corrected chi connectivity index (χ1v) is 6.93. The minimum absolute atomic E-state index is 0.0873. The molecule has 1 unspecified atom stereocenters. The Hall–Kier alpha value is -0.530. The van der Waals surface area contributed by atoms with Gasteiger partial charge in [0.15, 0.2) is 0 Å². The molecule has 0 fully saturated rings. The van der Waals surface area contributed by atoms with Gasteiger partial charge in [0.05, 0.1) is 13.2 Å². The molecule has 0 aromatic heterocycles. The third-order valence-corrected chi connectivity index (χ3v) is 3.50. The summed E-state index contributed by atoms with van der Waals surface area (Å²) in [4.78, 5) is 0. The number of rotatable bonds is 9. The lowest BCUT2D eigenvalue weighted by Crippen LogP contribution is -2.37. The van der Waals surface area contributed by atoms with Gasteiger partial charge in [0.1, 0.15) is 5.82 Å². The summed E-state index contributed by atoms with van der Waals surface area (Å²) in [6.45, 7) is 1.77. The second-order valence-electron chi connectivity index (χ2n) is 4.20. The lowest BCUT2D eigenvalue weighted by atomic mass is 10.0. The van der Waals surface area contributed by atoms with E-state index in [-0.39, 0.29) is 11.9 Å². The zero-order chi connectivity index (χ0) is 14.1. The van der Waals surface area contributed by atoms with Crippen LogP contribution in [0, 0.1) is 5.82 Å². The maximum Gasteiger partial charge on any atom is 0.124 e. The number of hydrogen-bond donors (Lipinski definition) is 2. The van der Waals surface area contributed by atoms with Gasteiger partial charge >= 0.3 is 0 Å². The third-order valence-electron chi connectivity index (χ3n) is 2.76. The highest BCUT2D eigenvalue weighted by molar-refractivity contribution is 9.10. The van der Waals surface area contributed by atoms with Crippen LogP contribution in [0.1, 0.15) is 12.0 Å². The van der Waals surface area contributed by atoms with E-state index in [1.807, 2.05) is 0 Å². The topological polar surface area (TPSA) is 56.5 Å². The van der Waals surface area contributed by atoms with Crippen molar-refractivity contribution >= 4 is 15.9 Å². The molecule has 4 nitrogen and oxygen atoms in total. The average molecular weight is 335 g/mol. The van der Waals surface area contributed by atoms with Gasteiger partial charge in [-0.3, -0.25) is 11.3 Å². The molecule has 3 N–H and O–H groups in total. The molecule has 1 aromatic rings. The molecule has 6 heteroatoms. The predicted octanol–water partition coefficient (Wildman–Crippen LogP) is 2.02. The number of hydrogen-bond acceptors (Lipinski definition) is 4. The highest BCUT2D eigenvalue weighted by Gasteiger charge is 2.10. The summed E-state index contributed by atoms with van der Waals surface area (Å²) in [7, 11) is 1.64. The Balaban J connectivity index is 2.39. The number of methoxy groups -OCH3 is 1. The quantitative estimate of drug-likeness (QED) is 0.412. The summed E-state index contributed by atoms with van der Waals surface area (Å²) in [5.74, 6) is 5.27.